The number of carbonyl (C=O) groups excluding carboxylic acids is 2. The number of hydrogen-bond donors (Lipinski definition) is 2. The fourth-order valence-corrected chi connectivity index (χ4v) is 6.51. The molecule has 0 saturated heterocycles. The standard InChI is InChI=1S/C31H35NO9/c1-5-32(3)22-17-19-11-12-20(38-4)27-25(19)30(2)28(41-27)21(15-16-31(22,30)37)39-23(33)13-14-24(34)40-26(29(35)36)18-9-7-6-8-10-18/h6-12,15,22,26,28,37H,5,13-14,16-17H2,1-4H3,(H,35,36)/t22-,26+,28+,30+,31-/m1/s1. The fourth-order valence-electron chi connectivity index (χ4n) is 6.51. The van der Waals surface area contributed by atoms with Crippen LogP contribution in [0.15, 0.2) is 54.3 Å². The van der Waals surface area contributed by atoms with Gasteiger partial charge < -0.3 is 34.1 Å². The summed E-state index contributed by atoms with van der Waals surface area (Å²) < 4.78 is 22.9. The van der Waals surface area contributed by atoms with Crippen molar-refractivity contribution in [2.24, 2.45) is 0 Å². The molecule has 1 heterocycles. The van der Waals surface area contributed by atoms with Crippen LogP contribution >= 0.6 is 0 Å². The molecule has 218 valence electrons. The number of carboxylic acid groups (broad SMARTS) is 1. The summed E-state index contributed by atoms with van der Waals surface area (Å²) in [6, 6.07) is 11.8. The second-order valence-electron chi connectivity index (χ2n) is 11.0. The van der Waals surface area contributed by atoms with Gasteiger partial charge in [-0.3, -0.25) is 9.59 Å². The molecule has 10 nitrogen and oxygen atoms in total. The van der Waals surface area contributed by atoms with Gasteiger partial charge in [-0.15, -0.1) is 0 Å². The second-order valence-corrected chi connectivity index (χ2v) is 11.0. The molecule has 0 spiro atoms. The Hall–Kier alpha value is -3.89. The summed E-state index contributed by atoms with van der Waals surface area (Å²) in [4.78, 5) is 39.2. The predicted octanol–water partition coefficient (Wildman–Crippen LogP) is 3.30. The van der Waals surface area contributed by atoms with Crippen molar-refractivity contribution in [3.05, 3.63) is 71.0 Å². The Kier molecular flexibility index (Phi) is 7.56. The molecule has 0 aromatic heterocycles. The molecule has 2 aromatic carbocycles. The number of methoxy groups -OCH3 is 1. The van der Waals surface area contributed by atoms with Crippen LogP contribution in [0.3, 0.4) is 0 Å². The number of aliphatic carboxylic acids is 1. The van der Waals surface area contributed by atoms with Gasteiger partial charge in [-0.25, -0.2) is 4.79 Å². The molecule has 10 heteroatoms. The third-order valence-electron chi connectivity index (χ3n) is 8.82. The monoisotopic (exact) mass is 565 g/mol. The van der Waals surface area contributed by atoms with Gasteiger partial charge in [0.2, 0.25) is 6.10 Å². The zero-order valence-corrected chi connectivity index (χ0v) is 23.6. The number of hydrogen-bond acceptors (Lipinski definition) is 9. The van der Waals surface area contributed by atoms with Crippen LogP contribution in [0.1, 0.15) is 55.9 Å². The molecular formula is C31H35NO9. The Bertz CT molecular complexity index is 1390. The van der Waals surface area contributed by atoms with E-state index in [4.69, 9.17) is 18.9 Å². The van der Waals surface area contributed by atoms with Gasteiger partial charge in [-0.05, 0) is 44.6 Å². The average molecular weight is 566 g/mol. The Morgan fingerprint density at radius 3 is 2.49 bits per heavy atom. The normalized spacial score (nSPS) is 26.3. The van der Waals surface area contributed by atoms with E-state index in [1.807, 2.05) is 33.0 Å². The number of carboxylic acids is 1. The summed E-state index contributed by atoms with van der Waals surface area (Å²) in [5.41, 5.74) is 0.0668. The smallest absolute Gasteiger partial charge is 0.349 e. The number of likely N-dealkylation sites (N-methyl/N-ethyl adjacent to an activating group) is 1. The number of carbonyl (C=O) groups is 3. The molecule has 41 heavy (non-hydrogen) atoms. The Labute approximate surface area is 238 Å². The minimum Gasteiger partial charge on any atom is -0.493 e. The molecule has 3 aliphatic rings. The first-order chi connectivity index (χ1) is 19.5. The SMILES string of the molecule is CCN(C)[C@@H]1Cc2ccc(OC)c3c2[C@@]2(C)[C@@H](O3)C(OC(=O)CCC(=O)O[C@H](C(=O)O)c3ccccc3)=CC[C@@]12O. The van der Waals surface area contributed by atoms with Crippen LogP contribution in [-0.2, 0) is 35.7 Å². The highest BCUT2D eigenvalue weighted by molar-refractivity contribution is 5.82. The van der Waals surface area contributed by atoms with Crippen LogP contribution in [-0.4, -0.2) is 71.5 Å². The van der Waals surface area contributed by atoms with Gasteiger partial charge in [0.25, 0.3) is 0 Å². The Morgan fingerprint density at radius 2 is 1.83 bits per heavy atom. The van der Waals surface area contributed by atoms with E-state index >= 15 is 0 Å². The van der Waals surface area contributed by atoms with Gasteiger partial charge >= 0.3 is 17.9 Å². The first-order valence-electron chi connectivity index (χ1n) is 13.7. The number of benzene rings is 2. The maximum absolute atomic E-state index is 12.9. The van der Waals surface area contributed by atoms with Gasteiger partial charge in [0.15, 0.2) is 17.6 Å². The predicted molar refractivity (Wildman–Crippen MR) is 146 cm³/mol. The topological polar surface area (TPSA) is 132 Å². The van der Waals surface area contributed by atoms with Crippen LogP contribution in [0.5, 0.6) is 11.5 Å². The van der Waals surface area contributed by atoms with Crippen LogP contribution in [0.4, 0.5) is 0 Å². The highest BCUT2D eigenvalue weighted by atomic mass is 16.6. The molecule has 0 saturated carbocycles. The molecular weight excluding hydrogens is 530 g/mol. The van der Waals surface area contributed by atoms with Gasteiger partial charge in [-0.2, -0.15) is 0 Å². The van der Waals surface area contributed by atoms with E-state index in [1.54, 1.807) is 43.5 Å². The third kappa shape index (κ3) is 4.64. The average Bonchev–Trinajstić information content (AvgIpc) is 3.30. The lowest BCUT2D eigenvalue weighted by atomic mass is 9.54. The second kappa shape index (κ2) is 10.8. The van der Waals surface area contributed by atoms with Crippen LogP contribution < -0.4 is 9.47 Å². The first kappa shape index (κ1) is 28.6. The zero-order valence-electron chi connectivity index (χ0n) is 23.6. The number of ether oxygens (including phenoxy) is 4. The molecule has 5 atom stereocenters. The zero-order chi connectivity index (χ0) is 29.5. The van der Waals surface area contributed by atoms with Crippen LogP contribution in [0.2, 0.25) is 0 Å². The lowest BCUT2D eigenvalue weighted by Gasteiger charge is -2.56. The van der Waals surface area contributed by atoms with E-state index in [0.717, 1.165) is 17.7 Å². The number of aliphatic hydroxyl groups is 1. The minimum atomic E-state index is -1.48. The van der Waals surface area contributed by atoms with Crippen molar-refractivity contribution in [1.82, 2.24) is 4.90 Å². The molecule has 0 unspecified atom stereocenters. The van der Waals surface area contributed by atoms with E-state index in [1.165, 1.54) is 0 Å². The molecule has 0 radical (unpaired) electrons. The van der Waals surface area contributed by atoms with Crippen LogP contribution in [0, 0.1) is 0 Å². The molecule has 2 aliphatic carbocycles. The molecule has 0 bridgehead atoms. The van der Waals surface area contributed by atoms with Gasteiger partial charge in [0.05, 0.1) is 31.0 Å². The van der Waals surface area contributed by atoms with E-state index < -0.39 is 41.1 Å². The van der Waals surface area contributed by atoms with Crippen molar-refractivity contribution < 1.29 is 43.5 Å². The van der Waals surface area contributed by atoms with E-state index in [0.29, 0.717) is 23.5 Å². The highest BCUT2D eigenvalue weighted by Gasteiger charge is 2.68. The molecule has 2 aromatic rings. The van der Waals surface area contributed by atoms with E-state index in [-0.39, 0.29) is 31.1 Å². The quantitative estimate of drug-likeness (QED) is 0.414. The fraction of sp³-hybridized carbons (Fsp3) is 0.452. The van der Waals surface area contributed by atoms with Crippen molar-refractivity contribution in [3.63, 3.8) is 0 Å². The third-order valence-corrected chi connectivity index (χ3v) is 8.82. The van der Waals surface area contributed by atoms with Gasteiger partial charge in [0, 0.05) is 23.6 Å². The lowest BCUT2D eigenvalue weighted by molar-refractivity contribution is -0.165. The largest absolute Gasteiger partial charge is 0.493 e. The summed E-state index contributed by atoms with van der Waals surface area (Å²) in [5.74, 6) is -1.53. The molecule has 1 aliphatic heterocycles. The van der Waals surface area contributed by atoms with E-state index in [2.05, 4.69) is 4.90 Å². The molecule has 2 N–H and O–H groups in total. The molecule has 0 fully saturated rings. The summed E-state index contributed by atoms with van der Waals surface area (Å²) in [6.07, 6.45) is -0.415. The number of esters is 2. The Balaban J connectivity index is 1.34. The summed E-state index contributed by atoms with van der Waals surface area (Å²) in [7, 11) is 3.54. The summed E-state index contributed by atoms with van der Waals surface area (Å²) in [5, 5.41) is 21.8. The molecule has 0 amide bonds. The maximum Gasteiger partial charge on any atom is 0.349 e. The van der Waals surface area contributed by atoms with Crippen molar-refractivity contribution in [2.45, 2.75) is 68.8 Å². The van der Waals surface area contributed by atoms with E-state index in [9.17, 15) is 24.6 Å². The lowest BCUT2D eigenvalue weighted by Crippen LogP contribution is -2.69. The highest BCUT2D eigenvalue weighted by Crippen LogP contribution is 2.62. The molecule has 5 rings (SSSR count). The van der Waals surface area contributed by atoms with Gasteiger partial charge in [0.1, 0.15) is 5.76 Å². The summed E-state index contributed by atoms with van der Waals surface area (Å²) >= 11 is 0. The van der Waals surface area contributed by atoms with Crippen molar-refractivity contribution >= 4 is 17.9 Å². The van der Waals surface area contributed by atoms with Crippen molar-refractivity contribution in [1.29, 1.82) is 0 Å². The van der Waals surface area contributed by atoms with Crippen molar-refractivity contribution in [3.8, 4) is 11.5 Å². The van der Waals surface area contributed by atoms with Gasteiger partial charge in [-0.1, -0.05) is 43.3 Å². The maximum atomic E-state index is 12.9. The number of nitrogens with zero attached hydrogens (tertiary/aromatic N) is 1. The minimum absolute atomic E-state index is 0.203. The Morgan fingerprint density at radius 1 is 1.12 bits per heavy atom. The summed E-state index contributed by atoms with van der Waals surface area (Å²) in [6.45, 7) is 4.72. The number of rotatable bonds is 10. The first-order valence-corrected chi connectivity index (χ1v) is 13.7. The van der Waals surface area contributed by atoms with Crippen molar-refractivity contribution in [2.75, 3.05) is 20.7 Å². The van der Waals surface area contributed by atoms with Crippen LogP contribution in [0.25, 0.3) is 0 Å².